The van der Waals surface area contributed by atoms with Gasteiger partial charge in [-0.1, -0.05) is 12.1 Å². The Hall–Kier alpha value is -3.02. The molecular weight excluding hydrogens is 346 g/mol. The van der Waals surface area contributed by atoms with Gasteiger partial charge in [0.25, 0.3) is 0 Å². The molecule has 1 aliphatic rings. The summed E-state index contributed by atoms with van der Waals surface area (Å²) in [4.78, 5) is 23.1. The molecule has 1 unspecified atom stereocenters. The van der Waals surface area contributed by atoms with Gasteiger partial charge in [0.2, 0.25) is 5.91 Å². The number of benzene rings is 2. The lowest BCUT2D eigenvalue weighted by atomic mass is 10.1. The van der Waals surface area contributed by atoms with Crippen molar-refractivity contribution in [1.82, 2.24) is 5.32 Å². The molecule has 1 aliphatic heterocycles. The molecule has 0 saturated carbocycles. The molecule has 1 atom stereocenters. The quantitative estimate of drug-likeness (QED) is 0.784. The summed E-state index contributed by atoms with van der Waals surface area (Å²) in [7, 11) is 0. The third kappa shape index (κ3) is 4.58. The van der Waals surface area contributed by atoms with Gasteiger partial charge in [-0.15, -0.1) is 0 Å². The van der Waals surface area contributed by atoms with Gasteiger partial charge in [-0.05, 0) is 43.7 Å². The maximum atomic E-state index is 12.3. The molecule has 142 valence electrons. The van der Waals surface area contributed by atoms with E-state index in [1.807, 2.05) is 26.0 Å². The highest BCUT2D eigenvalue weighted by molar-refractivity contribution is 5.87. The van der Waals surface area contributed by atoms with Crippen molar-refractivity contribution in [2.75, 3.05) is 6.61 Å². The van der Waals surface area contributed by atoms with Gasteiger partial charge in [0, 0.05) is 24.1 Å². The zero-order valence-electron chi connectivity index (χ0n) is 15.5. The van der Waals surface area contributed by atoms with E-state index in [0.29, 0.717) is 13.2 Å². The molecule has 0 radical (unpaired) electrons. The molecule has 0 spiro atoms. The van der Waals surface area contributed by atoms with Crippen molar-refractivity contribution in [1.29, 1.82) is 0 Å². The minimum atomic E-state index is -0.984. The fraction of sp³-hybridized carbons (Fsp3) is 0.333. The number of carbonyl (C=O) groups excluding carboxylic acids is 1. The lowest BCUT2D eigenvalue weighted by Crippen LogP contribution is -2.25. The standard InChI is InChI=1S/C21H23NO5/c1-3-26-18-10-16-8-13(2)27-19(16)11-17(18)12-22-20(23)9-14-4-6-15(7-5-14)21(24)25/h4-7,10-11,13H,3,8-9,12H2,1-2H3,(H,22,23)(H,24,25). The zero-order chi connectivity index (χ0) is 19.4. The fourth-order valence-corrected chi connectivity index (χ4v) is 3.12. The first-order chi connectivity index (χ1) is 13.0. The zero-order valence-corrected chi connectivity index (χ0v) is 15.5. The van der Waals surface area contributed by atoms with Crippen LogP contribution < -0.4 is 14.8 Å². The minimum Gasteiger partial charge on any atom is -0.494 e. The molecule has 3 rings (SSSR count). The van der Waals surface area contributed by atoms with Crippen LogP contribution in [0.25, 0.3) is 0 Å². The largest absolute Gasteiger partial charge is 0.494 e. The molecule has 0 saturated heterocycles. The van der Waals surface area contributed by atoms with Gasteiger partial charge < -0.3 is 19.9 Å². The Balaban J connectivity index is 1.64. The van der Waals surface area contributed by atoms with Gasteiger partial charge in [0.1, 0.15) is 17.6 Å². The second-order valence-electron chi connectivity index (χ2n) is 6.59. The number of nitrogens with one attached hydrogen (secondary N) is 1. The number of ether oxygens (including phenoxy) is 2. The Bertz CT molecular complexity index is 844. The number of aromatic carboxylic acids is 1. The van der Waals surface area contributed by atoms with E-state index < -0.39 is 5.97 Å². The first kappa shape index (κ1) is 18.8. The number of carboxylic acid groups (broad SMARTS) is 1. The highest BCUT2D eigenvalue weighted by Gasteiger charge is 2.22. The lowest BCUT2D eigenvalue weighted by molar-refractivity contribution is -0.120. The lowest BCUT2D eigenvalue weighted by Gasteiger charge is -2.13. The number of carbonyl (C=O) groups is 2. The fourth-order valence-electron chi connectivity index (χ4n) is 3.12. The Morgan fingerprint density at radius 3 is 2.67 bits per heavy atom. The van der Waals surface area contributed by atoms with Crippen LogP contribution in [-0.2, 0) is 24.2 Å². The first-order valence-electron chi connectivity index (χ1n) is 9.00. The van der Waals surface area contributed by atoms with Crippen molar-refractivity contribution in [2.45, 2.75) is 39.3 Å². The monoisotopic (exact) mass is 369 g/mol. The SMILES string of the molecule is CCOc1cc2c(cc1CNC(=O)Cc1ccc(C(=O)O)cc1)OC(C)C2. The van der Waals surface area contributed by atoms with Crippen LogP contribution in [0.15, 0.2) is 36.4 Å². The van der Waals surface area contributed by atoms with Crippen LogP contribution in [0, 0.1) is 0 Å². The third-order valence-corrected chi connectivity index (χ3v) is 4.42. The molecular formula is C21H23NO5. The highest BCUT2D eigenvalue weighted by Crippen LogP contribution is 2.35. The van der Waals surface area contributed by atoms with Crippen LogP contribution in [-0.4, -0.2) is 29.7 Å². The predicted octanol–water partition coefficient (Wildman–Crippen LogP) is 2.97. The second-order valence-corrected chi connectivity index (χ2v) is 6.59. The van der Waals surface area contributed by atoms with Crippen molar-refractivity contribution < 1.29 is 24.2 Å². The van der Waals surface area contributed by atoms with Gasteiger partial charge in [-0.25, -0.2) is 4.79 Å². The first-order valence-corrected chi connectivity index (χ1v) is 9.00. The van der Waals surface area contributed by atoms with E-state index in [2.05, 4.69) is 5.32 Å². The van der Waals surface area contributed by atoms with Crippen LogP contribution in [0.3, 0.4) is 0 Å². The van der Waals surface area contributed by atoms with Gasteiger partial charge in [-0.3, -0.25) is 4.79 Å². The summed E-state index contributed by atoms with van der Waals surface area (Å²) in [6.45, 7) is 4.84. The number of amides is 1. The number of fused-ring (bicyclic) bond motifs is 1. The maximum Gasteiger partial charge on any atom is 0.335 e. The topological polar surface area (TPSA) is 84.9 Å². The summed E-state index contributed by atoms with van der Waals surface area (Å²) in [5.41, 5.74) is 2.96. The van der Waals surface area contributed by atoms with E-state index in [-0.39, 0.29) is 24.0 Å². The summed E-state index contributed by atoms with van der Waals surface area (Å²) in [6, 6.07) is 10.2. The summed E-state index contributed by atoms with van der Waals surface area (Å²) >= 11 is 0. The molecule has 0 bridgehead atoms. The van der Waals surface area contributed by atoms with Crippen LogP contribution in [0.4, 0.5) is 0 Å². The molecule has 0 aromatic heterocycles. The van der Waals surface area contributed by atoms with E-state index >= 15 is 0 Å². The summed E-state index contributed by atoms with van der Waals surface area (Å²) in [6.07, 6.45) is 1.18. The number of carboxylic acids is 1. The van der Waals surface area contributed by atoms with Crippen molar-refractivity contribution >= 4 is 11.9 Å². The number of hydrogen-bond acceptors (Lipinski definition) is 4. The number of rotatable bonds is 7. The summed E-state index contributed by atoms with van der Waals surface area (Å²) in [5, 5.41) is 11.8. The molecule has 1 heterocycles. The van der Waals surface area contributed by atoms with Crippen LogP contribution in [0.1, 0.15) is 40.9 Å². The smallest absolute Gasteiger partial charge is 0.335 e. The average molecular weight is 369 g/mol. The molecule has 1 amide bonds. The van der Waals surface area contributed by atoms with E-state index in [9.17, 15) is 9.59 Å². The molecule has 27 heavy (non-hydrogen) atoms. The van der Waals surface area contributed by atoms with Crippen LogP contribution in [0.2, 0.25) is 0 Å². The van der Waals surface area contributed by atoms with E-state index in [1.54, 1.807) is 12.1 Å². The van der Waals surface area contributed by atoms with E-state index in [0.717, 1.165) is 34.6 Å². The van der Waals surface area contributed by atoms with Crippen molar-refractivity contribution in [3.05, 3.63) is 58.7 Å². The Kier molecular flexibility index (Phi) is 5.64. The Morgan fingerprint density at radius 1 is 1.26 bits per heavy atom. The number of hydrogen-bond donors (Lipinski definition) is 2. The van der Waals surface area contributed by atoms with Gasteiger partial charge in [0.15, 0.2) is 0 Å². The molecule has 0 fully saturated rings. The van der Waals surface area contributed by atoms with Crippen LogP contribution >= 0.6 is 0 Å². The maximum absolute atomic E-state index is 12.3. The van der Waals surface area contributed by atoms with Gasteiger partial charge in [-0.2, -0.15) is 0 Å². The minimum absolute atomic E-state index is 0.143. The van der Waals surface area contributed by atoms with E-state index in [4.69, 9.17) is 14.6 Å². The summed E-state index contributed by atoms with van der Waals surface area (Å²) in [5.74, 6) is 0.484. The van der Waals surface area contributed by atoms with Crippen molar-refractivity contribution in [3.63, 3.8) is 0 Å². The Morgan fingerprint density at radius 2 is 2.00 bits per heavy atom. The normalized spacial score (nSPS) is 15.0. The highest BCUT2D eigenvalue weighted by atomic mass is 16.5. The van der Waals surface area contributed by atoms with Crippen LogP contribution in [0.5, 0.6) is 11.5 Å². The van der Waals surface area contributed by atoms with Gasteiger partial charge >= 0.3 is 5.97 Å². The molecule has 6 nitrogen and oxygen atoms in total. The average Bonchev–Trinajstić information content (AvgIpc) is 2.99. The van der Waals surface area contributed by atoms with Gasteiger partial charge in [0.05, 0.1) is 18.6 Å². The second kappa shape index (κ2) is 8.12. The third-order valence-electron chi connectivity index (χ3n) is 4.42. The molecule has 6 heteroatoms. The Labute approximate surface area is 158 Å². The van der Waals surface area contributed by atoms with Crippen molar-refractivity contribution in [3.8, 4) is 11.5 Å². The molecule has 0 aliphatic carbocycles. The van der Waals surface area contributed by atoms with E-state index in [1.165, 1.54) is 12.1 Å². The molecule has 2 aromatic rings. The molecule has 2 aromatic carbocycles. The molecule has 2 N–H and O–H groups in total. The summed E-state index contributed by atoms with van der Waals surface area (Å²) < 4.78 is 11.5. The predicted molar refractivity (Wildman–Crippen MR) is 100 cm³/mol. The van der Waals surface area contributed by atoms with Crippen molar-refractivity contribution in [2.24, 2.45) is 0 Å².